The minimum Gasteiger partial charge on any atom is -0.423 e. The Morgan fingerprint density at radius 3 is 1.69 bits per heavy atom. The topological polar surface area (TPSA) is 40.5 Å². The van der Waals surface area contributed by atoms with Crippen LogP contribution in [0.25, 0.3) is 11.1 Å². The average molecular weight is 575 g/mol. The van der Waals surface area contributed by atoms with Crippen molar-refractivity contribution in [3.8, 4) is 11.1 Å². The zero-order chi connectivity index (χ0) is 23.5. The minimum absolute atomic E-state index is 0.488. The molecule has 0 spiro atoms. The summed E-state index contributed by atoms with van der Waals surface area (Å²) in [6.07, 6.45) is 0. The summed E-state index contributed by atoms with van der Waals surface area (Å²) in [5.41, 5.74) is 5.46. The van der Waals surface area contributed by atoms with Crippen molar-refractivity contribution in [3.63, 3.8) is 0 Å². The summed E-state index contributed by atoms with van der Waals surface area (Å²) in [6, 6.07) is 31.4. The van der Waals surface area contributed by atoms with Gasteiger partial charge in [-0.3, -0.25) is 0 Å². The Morgan fingerprint density at radius 1 is 0.656 bits per heavy atom. The smallest absolute Gasteiger partial charge is 0.423 e. The van der Waals surface area contributed by atoms with E-state index in [1.165, 1.54) is 11.1 Å². The van der Waals surface area contributed by atoms with E-state index in [9.17, 15) is 0 Å². The number of hydrogen-bond acceptors (Lipinski definition) is 2. The lowest BCUT2D eigenvalue weighted by molar-refractivity contribution is 0.425. The van der Waals surface area contributed by atoms with Gasteiger partial charge in [0.2, 0.25) is 0 Å². The van der Waals surface area contributed by atoms with Gasteiger partial charge in [-0.2, -0.15) is 0 Å². The predicted molar refractivity (Wildman–Crippen MR) is 144 cm³/mol. The van der Waals surface area contributed by atoms with Crippen molar-refractivity contribution in [2.45, 2.75) is 13.8 Å². The number of rotatable bonds is 2. The van der Waals surface area contributed by atoms with E-state index in [0.29, 0.717) is 9.94 Å². The first-order valence-electron chi connectivity index (χ1n) is 9.92. The highest BCUT2D eigenvalue weighted by atomic mass is 79.9. The maximum atomic E-state index is 8.73. The molecule has 2 N–H and O–H groups in total. The number of benzene rings is 4. The number of aryl methyl sites for hydroxylation is 2. The SMILES string of the molecule is Cc1cccc(C)c1.Clc1cccc(-c2ccccc2Br)c1.OB(O)c1ccccc1Br. The molecule has 0 amide bonds. The first-order chi connectivity index (χ1) is 15.3. The molecule has 0 heterocycles. The van der Waals surface area contributed by atoms with Gasteiger partial charge in [0.05, 0.1) is 0 Å². The Balaban J connectivity index is 0.000000178. The van der Waals surface area contributed by atoms with E-state index in [1.54, 1.807) is 18.2 Å². The maximum absolute atomic E-state index is 8.73. The summed E-state index contributed by atoms with van der Waals surface area (Å²) < 4.78 is 1.80. The molecule has 0 aromatic heterocycles. The van der Waals surface area contributed by atoms with Gasteiger partial charge in [0.15, 0.2) is 0 Å². The quantitative estimate of drug-likeness (QED) is 0.249. The fourth-order valence-corrected chi connectivity index (χ4v) is 4.04. The van der Waals surface area contributed by atoms with Crippen molar-refractivity contribution < 1.29 is 10.0 Å². The van der Waals surface area contributed by atoms with Gasteiger partial charge < -0.3 is 10.0 Å². The Morgan fingerprint density at radius 2 is 1.22 bits per heavy atom. The van der Waals surface area contributed by atoms with Crippen LogP contribution in [0.1, 0.15) is 11.1 Å². The molecular weight excluding hydrogens is 550 g/mol. The second-order valence-electron chi connectivity index (χ2n) is 7.04. The molecule has 2 nitrogen and oxygen atoms in total. The average Bonchev–Trinajstić information content (AvgIpc) is 2.75. The molecule has 0 saturated heterocycles. The lowest BCUT2D eigenvalue weighted by Crippen LogP contribution is -2.30. The fourth-order valence-electron chi connectivity index (χ4n) is 2.84. The molecule has 6 heteroatoms. The van der Waals surface area contributed by atoms with E-state index >= 15 is 0 Å². The van der Waals surface area contributed by atoms with Crippen molar-refractivity contribution >= 4 is 56.0 Å². The summed E-state index contributed by atoms with van der Waals surface area (Å²) in [6.45, 7) is 4.21. The molecule has 0 aliphatic carbocycles. The number of halogens is 3. The molecule has 0 saturated carbocycles. The van der Waals surface area contributed by atoms with Crippen molar-refractivity contribution in [1.29, 1.82) is 0 Å². The van der Waals surface area contributed by atoms with Crippen LogP contribution in [-0.4, -0.2) is 17.2 Å². The Kier molecular flexibility index (Phi) is 11.2. The van der Waals surface area contributed by atoms with Gasteiger partial charge in [0.1, 0.15) is 0 Å². The minimum atomic E-state index is -1.39. The molecule has 0 fully saturated rings. The van der Waals surface area contributed by atoms with Crippen molar-refractivity contribution in [3.05, 3.63) is 122 Å². The Hall–Kier alpha value is -1.89. The lowest BCUT2D eigenvalue weighted by Gasteiger charge is -2.04. The van der Waals surface area contributed by atoms with Crippen LogP contribution in [-0.2, 0) is 0 Å². The van der Waals surface area contributed by atoms with E-state index in [4.69, 9.17) is 21.6 Å². The normalized spacial score (nSPS) is 9.72. The maximum Gasteiger partial charge on any atom is 0.489 e. The first kappa shape index (κ1) is 26.4. The van der Waals surface area contributed by atoms with Gasteiger partial charge in [-0.15, -0.1) is 0 Å². The van der Waals surface area contributed by atoms with E-state index in [1.807, 2.05) is 48.5 Å². The summed E-state index contributed by atoms with van der Waals surface area (Å²) >= 11 is 12.6. The highest BCUT2D eigenvalue weighted by Crippen LogP contribution is 2.29. The van der Waals surface area contributed by atoms with Crippen LogP contribution >= 0.6 is 43.5 Å². The molecule has 0 bridgehead atoms. The van der Waals surface area contributed by atoms with Crippen LogP contribution in [0.3, 0.4) is 0 Å². The molecule has 0 aliphatic heterocycles. The van der Waals surface area contributed by atoms with Crippen LogP contribution in [0.4, 0.5) is 0 Å². The monoisotopic (exact) mass is 572 g/mol. The zero-order valence-corrected chi connectivity index (χ0v) is 21.8. The summed E-state index contributed by atoms with van der Waals surface area (Å²) in [4.78, 5) is 0. The highest BCUT2D eigenvalue weighted by Gasteiger charge is 2.12. The van der Waals surface area contributed by atoms with Crippen molar-refractivity contribution in [1.82, 2.24) is 0 Å². The number of hydrogen-bond donors (Lipinski definition) is 2. The van der Waals surface area contributed by atoms with E-state index in [-0.39, 0.29) is 0 Å². The van der Waals surface area contributed by atoms with Crippen LogP contribution in [0.5, 0.6) is 0 Å². The van der Waals surface area contributed by atoms with Gasteiger partial charge in [0, 0.05) is 14.0 Å². The van der Waals surface area contributed by atoms with Gasteiger partial charge in [-0.05, 0) is 54.7 Å². The molecule has 4 rings (SSSR count). The molecule has 4 aromatic carbocycles. The van der Waals surface area contributed by atoms with Gasteiger partial charge in [-0.1, -0.05) is 127 Å². The Labute approximate surface area is 212 Å². The predicted octanol–water partition coefficient (Wildman–Crippen LogP) is 7.20. The Bertz CT molecular complexity index is 1120. The van der Waals surface area contributed by atoms with Gasteiger partial charge in [-0.25, -0.2) is 0 Å². The standard InChI is InChI=1S/C12H8BrCl.C8H10.C6H6BBrO2/c13-12-7-2-1-6-11(12)9-4-3-5-10(14)8-9;1-7-4-3-5-8(2)6-7;8-6-4-2-1-3-5(6)7(9)10/h1-8H;3-6H,1-2H3;1-4,9-10H. The van der Waals surface area contributed by atoms with Crippen LogP contribution in [0.2, 0.25) is 5.02 Å². The lowest BCUT2D eigenvalue weighted by atomic mass is 9.80. The third-order valence-corrected chi connectivity index (χ3v) is 6.02. The third kappa shape index (κ3) is 8.93. The van der Waals surface area contributed by atoms with Gasteiger partial charge >= 0.3 is 7.12 Å². The summed E-state index contributed by atoms with van der Waals surface area (Å²) in [5.74, 6) is 0. The van der Waals surface area contributed by atoms with Gasteiger partial charge in [0.25, 0.3) is 0 Å². The zero-order valence-electron chi connectivity index (χ0n) is 17.8. The van der Waals surface area contributed by atoms with E-state index in [0.717, 1.165) is 20.6 Å². The van der Waals surface area contributed by atoms with E-state index < -0.39 is 7.12 Å². The second-order valence-corrected chi connectivity index (χ2v) is 9.19. The highest BCUT2D eigenvalue weighted by molar-refractivity contribution is 9.11. The second kappa shape index (κ2) is 13.6. The van der Waals surface area contributed by atoms with E-state index in [2.05, 4.69) is 76.0 Å². The molecule has 0 atom stereocenters. The first-order valence-corrected chi connectivity index (χ1v) is 11.9. The summed E-state index contributed by atoms with van der Waals surface area (Å²) in [5, 5.41) is 18.2. The third-order valence-electron chi connectivity index (χ3n) is 4.37. The van der Waals surface area contributed by atoms with Crippen LogP contribution in [0.15, 0.2) is 106 Å². The fraction of sp³-hybridized carbons (Fsp3) is 0.0769. The molecule has 0 aliphatic rings. The molecule has 164 valence electrons. The molecule has 0 radical (unpaired) electrons. The van der Waals surface area contributed by atoms with Crippen LogP contribution in [0, 0.1) is 13.8 Å². The molecule has 0 unspecified atom stereocenters. The molecule has 4 aromatic rings. The van der Waals surface area contributed by atoms with Crippen molar-refractivity contribution in [2.75, 3.05) is 0 Å². The van der Waals surface area contributed by atoms with Crippen molar-refractivity contribution in [2.24, 2.45) is 0 Å². The summed E-state index contributed by atoms with van der Waals surface area (Å²) in [7, 11) is -1.39. The largest absolute Gasteiger partial charge is 0.489 e. The van der Waals surface area contributed by atoms with Crippen LogP contribution < -0.4 is 5.46 Å². The molecule has 32 heavy (non-hydrogen) atoms. The molecular formula is C26H24BBr2ClO2.